The number of carbonyl (C=O) groups excluding carboxylic acids is 1. The minimum atomic E-state index is -4.27. The van der Waals surface area contributed by atoms with Gasteiger partial charge in [0.05, 0.1) is 11.9 Å². The first kappa shape index (κ1) is 22.2. The second kappa shape index (κ2) is 8.62. The Labute approximate surface area is 198 Å². The van der Waals surface area contributed by atoms with Gasteiger partial charge >= 0.3 is 0 Å². The Morgan fingerprint density at radius 3 is 2.53 bits per heavy atom. The van der Waals surface area contributed by atoms with Crippen molar-refractivity contribution in [1.29, 1.82) is 0 Å². The number of halogens is 2. The van der Waals surface area contributed by atoms with Crippen LogP contribution in [0.15, 0.2) is 71.9 Å². The van der Waals surface area contributed by atoms with Crippen molar-refractivity contribution in [1.82, 2.24) is 10.3 Å². The maximum Gasteiger partial charge on any atom is 0.264 e. The molecule has 0 radical (unpaired) electrons. The van der Waals surface area contributed by atoms with Crippen LogP contribution in [0.4, 0.5) is 14.5 Å². The Morgan fingerprint density at radius 2 is 1.74 bits per heavy atom. The lowest BCUT2D eigenvalue weighted by Gasteiger charge is -2.16. The highest BCUT2D eigenvalue weighted by atomic mass is 32.2. The number of nitrogens with zero attached hydrogens (tertiary/aromatic N) is 1. The first-order valence-corrected chi connectivity index (χ1v) is 12.5. The predicted octanol–water partition coefficient (Wildman–Crippen LogP) is 4.84. The van der Waals surface area contributed by atoms with E-state index < -0.39 is 26.6 Å². The van der Waals surface area contributed by atoms with Crippen molar-refractivity contribution in [3.63, 3.8) is 0 Å². The summed E-state index contributed by atoms with van der Waals surface area (Å²) in [6.45, 7) is 0.612. The molecule has 172 valence electrons. The Balaban J connectivity index is 1.41. The highest BCUT2D eigenvalue weighted by Gasteiger charge is 2.21. The Kier molecular flexibility index (Phi) is 5.62. The van der Waals surface area contributed by atoms with Crippen molar-refractivity contribution in [2.75, 3.05) is 11.3 Å². The van der Waals surface area contributed by atoms with Crippen LogP contribution >= 0.6 is 11.3 Å². The molecule has 1 aliphatic rings. The van der Waals surface area contributed by atoms with Crippen LogP contribution in [0.25, 0.3) is 20.9 Å². The second-order valence-electron chi connectivity index (χ2n) is 7.68. The van der Waals surface area contributed by atoms with E-state index in [9.17, 15) is 22.0 Å². The molecule has 10 heteroatoms. The third-order valence-corrected chi connectivity index (χ3v) is 7.98. The lowest BCUT2D eigenvalue weighted by Crippen LogP contribution is -2.31. The number of fused-ring (bicyclic) bond motifs is 1. The Bertz CT molecular complexity index is 1530. The lowest BCUT2D eigenvalue weighted by atomic mass is 9.97. The number of sulfonamides is 1. The van der Waals surface area contributed by atoms with Gasteiger partial charge in [0.1, 0.15) is 16.5 Å². The van der Waals surface area contributed by atoms with Gasteiger partial charge in [0.25, 0.3) is 15.9 Å². The minimum Gasteiger partial charge on any atom is -0.352 e. The summed E-state index contributed by atoms with van der Waals surface area (Å²) in [5.41, 5.74) is 3.50. The fourth-order valence-electron chi connectivity index (χ4n) is 3.76. The molecule has 5 rings (SSSR count). The first-order valence-electron chi connectivity index (χ1n) is 10.2. The summed E-state index contributed by atoms with van der Waals surface area (Å²) in [6, 6.07) is 13.5. The van der Waals surface area contributed by atoms with Crippen LogP contribution in [0.2, 0.25) is 0 Å². The number of rotatable bonds is 5. The molecule has 2 N–H and O–H groups in total. The number of thiophene rings is 1. The monoisotopic (exact) mass is 497 g/mol. The molecule has 0 atom stereocenters. The second-order valence-corrected chi connectivity index (χ2v) is 10.4. The molecule has 0 saturated heterocycles. The summed E-state index contributed by atoms with van der Waals surface area (Å²) in [7, 11) is -4.27. The molecule has 1 amide bonds. The van der Waals surface area contributed by atoms with E-state index in [1.165, 1.54) is 17.5 Å². The lowest BCUT2D eigenvalue weighted by molar-refractivity contribution is 0.0946. The molecule has 0 spiro atoms. The van der Waals surface area contributed by atoms with Crippen LogP contribution in [0, 0.1) is 11.6 Å². The summed E-state index contributed by atoms with van der Waals surface area (Å²) in [5, 5.41) is 2.83. The molecule has 0 saturated carbocycles. The molecule has 0 fully saturated rings. The zero-order valence-corrected chi connectivity index (χ0v) is 19.1. The molecule has 4 aromatic rings. The largest absolute Gasteiger partial charge is 0.352 e. The van der Waals surface area contributed by atoms with E-state index in [0.717, 1.165) is 39.4 Å². The van der Waals surface area contributed by atoms with Gasteiger partial charge in [0.15, 0.2) is 0 Å². The van der Waals surface area contributed by atoms with Gasteiger partial charge in [-0.2, -0.15) is 0 Å². The van der Waals surface area contributed by atoms with Crippen molar-refractivity contribution >= 4 is 33.0 Å². The van der Waals surface area contributed by atoms with Crippen LogP contribution in [0.1, 0.15) is 15.9 Å². The van der Waals surface area contributed by atoms with Crippen molar-refractivity contribution in [2.24, 2.45) is 0 Å². The van der Waals surface area contributed by atoms with Gasteiger partial charge in [-0.1, -0.05) is 6.07 Å². The van der Waals surface area contributed by atoms with Crippen LogP contribution in [-0.2, 0) is 16.4 Å². The Morgan fingerprint density at radius 1 is 0.941 bits per heavy atom. The topological polar surface area (TPSA) is 88.2 Å². The van der Waals surface area contributed by atoms with Crippen LogP contribution in [0.5, 0.6) is 0 Å². The van der Waals surface area contributed by atoms with Crippen LogP contribution < -0.4 is 10.0 Å². The molecule has 0 bridgehead atoms. The molecular weight excluding hydrogens is 480 g/mol. The zero-order valence-electron chi connectivity index (χ0n) is 17.5. The van der Waals surface area contributed by atoms with E-state index in [1.807, 2.05) is 30.3 Å². The first-order chi connectivity index (χ1) is 16.3. The number of hydrogen-bond donors (Lipinski definition) is 2. The summed E-state index contributed by atoms with van der Waals surface area (Å²) in [5.74, 6) is -2.11. The number of amides is 1. The van der Waals surface area contributed by atoms with E-state index in [4.69, 9.17) is 0 Å². The number of pyridine rings is 1. The summed E-state index contributed by atoms with van der Waals surface area (Å²) < 4.78 is 54.6. The molecule has 0 aliphatic carbocycles. The number of aromatic nitrogens is 1. The van der Waals surface area contributed by atoms with Crippen LogP contribution in [-0.4, -0.2) is 25.9 Å². The summed E-state index contributed by atoms with van der Waals surface area (Å²) >= 11 is 1.50. The average Bonchev–Trinajstić information content (AvgIpc) is 3.29. The third kappa shape index (κ3) is 4.29. The van der Waals surface area contributed by atoms with Gasteiger partial charge in [-0.05, 0) is 60.0 Å². The average molecular weight is 498 g/mol. The third-order valence-electron chi connectivity index (χ3n) is 5.38. The van der Waals surface area contributed by atoms with Gasteiger partial charge in [-0.15, -0.1) is 11.3 Å². The van der Waals surface area contributed by atoms with Crippen LogP contribution in [0.3, 0.4) is 0 Å². The molecule has 2 aromatic carbocycles. The van der Waals surface area contributed by atoms with Crippen molar-refractivity contribution in [2.45, 2.75) is 11.3 Å². The smallest absolute Gasteiger partial charge is 0.264 e. The minimum absolute atomic E-state index is 0.0643. The number of carbonyl (C=O) groups is 1. The van der Waals surface area contributed by atoms with Crippen molar-refractivity contribution in [3.8, 4) is 20.9 Å². The van der Waals surface area contributed by atoms with E-state index in [1.54, 1.807) is 12.3 Å². The predicted molar refractivity (Wildman–Crippen MR) is 126 cm³/mol. The van der Waals surface area contributed by atoms with Crippen molar-refractivity contribution in [3.05, 3.63) is 89.8 Å². The normalized spacial score (nSPS) is 13.3. The highest BCUT2D eigenvalue weighted by molar-refractivity contribution is 7.92. The van der Waals surface area contributed by atoms with Gasteiger partial charge in [0.2, 0.25) is 0 Å². The van der Waals surface area contributed by atoms with Gasteiger partial charge in [-0.3, -0.25) is 14.5 Å². The standard InChI is InChI=1S/C24H17F2N3O3S2/c25-17-2-6-23(20(26)11-17)34(31,32)29-18-10-16(12-27-13-18)22-5-4-21(33-22)15-1-3-19-14(9-15)7-8-28-24(19)30/h1-6,9-13,29H,7-8H2,(H,28,30). The highest BCUT2D eigenvalue weighted by Crippen LogP contribution is 2.36. The van der Waals surface area contributed by atoms with E-state index in [2.05, 4.69) is 15.0 Å². The number of benzene rings is 2. The number of hydrogen-bond acceptors (Lipinski definition) is 5. The molecule has 2 aromatic heterocycles. The molecule has 6 nitrogen and oxygen atoms in total. The van der Waals surface area contributed by atoms with Gasteiger partial charge in [-0.25, -0.2) is 17.2 Å². The van der Waals surface area contributed by atoms with Gasteiger partial charge in [0, 0.05) is 39.7 Å². The van der Waals surface area contributed by atoms with E-state index in [0.29, 0.717) is 23.7 Å². The SMILES string of the molecule is O=C1NCCc2cc(-c3ccc(-c4cncc(NS(=O)(=O)c5ccc(F)cc5F)c4)s3)ccc21. The molecular formula is C24H17F2N3O3S2. The van der Waals surface area contributed by atoms with Gasteiger partial charge < -0.3 is 5.32 Å². The van der Waals surface area contributed by atoms with E-state index in [-0.39, 0.29) is 11.6 Å². The quantitative estimate of drug-likeness (QED) is 0.413. The maximum atomic E-state index is 14.0. The fourth-order valence-corrected chi connectivity index (χ4v) is 5.84. The summed E-state index contributed by atoms with van der Waals surface area (Å²) in [4.78, 5) is 17.3. The molecule has 1 aliphatic heterocycles. The molecule has 34 heavy (non-hydrogen) atoms. The molecule has 0 unspecified atom stereocenters. The summed E-state index contributed by atoms with van der Waals surface area (Å²) in [6.07, 6.45) is 3.68. The zero-order chi connectivity index (χ0) is 23.9. The van der Waals surface area contributed by atoms with Crippen molar-refractivity contribution < 1.29 is 22.0 Å². The molecule has 3 heterocycles. The Hall–Kier alpha value is -3.63. The number of anilines is 1. The number of nitrogens with one attached hydrogen (secondary N) is 2. The fraction of sp³-hybridized carbons (Fsp3) is 0.0833. The van der Waals surface area contributed by atoms with E-state index >= 15 is 0 Å². The maximum absolute atomic E-state index is 14.0.